The minimum atomic E-state index is 0.887. The molecule has 0 radical (unpaired) electrons. The Labute approximate surface area is 155 Å². The summed E-state index contributed by atoms with van der Waals surface area (Å²) in [7, 11) is 0. The normalized spacial score (nSPS) is 10.5. The van der Waals surface area contributed by atoms with Crippen molar-refractivity contribution in [2.24, 2.45) is 0 Å². The predicted molar refractivity (Wildman–Crippen MR) is 111 cm³/mol. The Hall–Kier alpha value is -2.45. The molecule has 3 aromatic rings. The molecule has 25 heavy (non-hydrogen) atoms. The third-order valence-corrected chi connectivity index (χ3v) is 4.91. The van der Waals surface area contributed by atoms with Gasteiger partial charge in [0.15, 0.2) is 0 Å². The molecule has 0 N–H and O–H groups in total. The first-order chi connectivity index (χ1) is 12.2. The second-order valence-electron chi connectivity index (χ2n) is 6.42. The summed E-state index contributed by atoms with van der Waals surface area (Å²) >= 11 is 5.03. The lowest BCUT2D eigenvalue weighted by Crippen LogP contribution is -2.23. The van der Waals surface area contributed by atoms with Gasteiger partial charge in [0, 0.05) is 24.1 Å². The van der Waals surface area contributed by atoms with Gasteiger partial charge in [-0.25, -0.2) is 0 Å². The van der Waals surface area contributed by atoms with Gasteiger partial charge in [0.2, 0.25) is 0 Å². The Morgan fingerprint density at radius 2 is 1.20 bits per heavy atom. The van der Waals surface area contributed by atoms with Crippen LogP contribution in [0.5, 0.6) is 0 Å². The molecule has 0 aliphatic rings. The summed E-state index contributed by atoms with van der Waals surface area (Å²) < 4.78 is 0. The molecule has 0 atom stereocenters. The van der Waals surface area contributed by atoms with E-state index >= 15 is 0 Å². The van der Waals surface area contributed by atoms with Crippen LogP contribution in [0, 0.1) is 13.8 Å². The number of benzene rings is 3. The second-order valence-corrected chi connectivity index (χ2v) is 6.65. The quantitative estimate of drug-likeness (QED) is 0.515. The first kappa shape index (κ1) is 17.4. The fraction of sp³-hybridized carbons (Fsp3) is 0.174. The lowest BCUT2D eigenvalue weighted by Gasteiger charge is -2.27. The Balaban J connectivity index is 1.93. The molecule has 0 aliphatic heterocycles. The van der Waals surface area contributed by atoms with Crippen LogP contribution in [0.15, 0.2) is 72.8 Å². The van der Waals surface area contributed by atoms with Crippen molar-refractivity contribution in [3.63, 3.8) is 0 Å². The second kappa shape index (κ2) is 8.09. The van der Waals surface area contributed by atoms with Crippen molar-refractivity contribution in [1.29, 1.82) is 0 Å². The molecule has 0 fully saturated rings. The summed E-state index contributed by atoms with van der Waals surface area (Å²) in [6, 6.07) is 25.7. The number of anilines is 1. The zero-order valence-corrected chi connectivity index (χ0v) is 15.6. The Bertz CT molecular complexity index is 804. The van der Waals surface area contributed by atoms with Gasteiger partial charge in [-0.1, -0.05) is 72.9 Å². The smallest absolute Gasteiger partial charge is 0.0435 e. The number of thiocarbonyl (C=S) groups is 1. The molecule has 0 saturated heterocycles. The molecular formula is C23H23NS. The van der Waals surface area contributed by atoms with Crippen LogP contribution in [-0.4, -0.2) is 5.37 Å². The van der Waals surface area contributed by atoms with E-state index < -0.39 is 0 Å². The highest BCUT2D eigenvalue weighted by molar-refractivity contribution is 7.79. The van der Waals surface area contributed by atoms with Crippen LogP contribution in [0.4, 0.5) is 5.69 Å². The molecule has 3 aromatic carbocycles. The van der Waals surface area contributed by atoms with Crippen molar-refractivity contribution >= 4 is 23.3 Å². The monoisotopic (exact) mass is 345 g/mol. The maximum atomic E-state index is 5.03. The number of aryl methyl sites for hydroxylation is 2. The Kier molecular flexibility index (Phi) is 5.62. The largest absolute Gasteiger partial charge is 0.363 e. The topological polar surface area (TPSA) is 3.24 Å². The average molecular weight is 346 g/mol. The van der Waals surface area contributed by atoms with E-state index in [1.807, 2.05) is 0 Å². The molecule has 0 unspecified atom stereocenters. The summed E-state index contributed by atoms with van der Waals surface area (Å²) in [4.78, 5) is 2.43. The van der Waals surface area contributed by atoms with Crippen LogP contribution in [-0.2, 0) is 13.1 Å². The summed E-state index contributed by atoms with van der Waals surface area (Å²) in [6.07, 6.45) is 0. The maximum Gasteiger partial charge on any atom is 0.0435 e. The van der Waals surface area contributed by atoms with Crippen LogP contribution >= 0.6 is 12.2 Å². The highest BCUT2D eigenvalue weighted by atomic mass is 32.1. The van der Waals surface area contributed by atoms with Crippen molar-refractivity contribution in [3.8, 4) is 0 Å². The predicted octanol–water partition coefficient (Wildman–Crippen LogP) is 5.86. The third-order valence-electron chi connectivity index (χ3n) is 4.64. The minimum Gasteiger partial charge on any atom is -0.363 e. The third kappa shape index (κ3) is 4.34. The molecule has 0 bridgehead atoms. The van der Waals surface area contributed by atoms with Gasteiger partial charge < -0.3 is 4.90 Å². The van der Waals surface area contributed by atoms with E-state index in [1.165, 1.54) is 27.9 Å². The molecule has 3 rings (SSSR count). The van der Waals surface area contributed by atoms with Crippen molar-refractivity contribution in [3.05, 3.63) is 101 Å². The molecule has 0 saturated carbocycles. The fourth-order valence-corrected chi connectivity index (χ4v) is 3.15. The fourth-order valence-electron chi connectivity index (χ4n) is 2.99. The first-order valence-corrected chi connectivity index (χ1v) is 9.04. The van der Waals surface area contributed by atoms with Gasteiger partial charge in [0.1, 0.15) is 0 Å². The van der Waals surface area contributed by atoms with Crippen molar-refractivity contribution < 1.29 is 0 Å². The number of hydrogen-bond acceptors (Lipinski definition) is 2. The van der Waals surface area contributed by atoms with Gasteiger partial charge in [0.25, 0.3) is 0 Å². The van der Waals surface area contributed by atoms with Gasteiger partial charge in [-0.15, -0.1) is 0 Å². The van der Waals surface area contributed by atoms with E-state index in [9.17, 15) is 0 Å². The highest BCUT2D eigenvalue weighted by Gasteiger charge is 2.11. The van der Waals surface area contributed by atoms with Gasteiger partial charge in [0.05, 0.1) is 0 Å². The highest BCUT2D eigenvalue weighted by Crippen LogP contribution is 2.23. The number of nitrogens with zero attached hydrogens (tertiary/aromatic N) is 1. The molecule has 0 amide bonds. The van der Waals surface area contributed by atoms with Crippen molar-refractivity contribution in [2.45, 2.75) is 26.9 Å². The lowest BCUT2D eigenvalue weighted by atomic mass is 10.1. The van der Waals surface area contributed by atoms with E-state index in [1.54, 1.807) is 5.37 Å². The maximum absolute atomic E-state index is 5.03. The SMILES string of the molecule is Cc1ccccc1CN(Cc1ccccc1C)c1ccc(C=S)cc1. The first-order valence-electron chi connectivity index (χ1n) is 8.56. The zero-order chi connectivity index (χ0) is 17.6. The van der Waals surface area contributed by atoms with E-state index in [2.05, 4.69) is 91.5 Å². The van der Waals surface area contributed by atoms with Gasteiger partial charge >= 0.3 is 0 Å². The van der Waals surface area contributed by atoms with E-state index in [0.717, 1.165) is 18.7 Å². The number of rotatable bonds is 6. The lowest BCUT2D eigenvalue weighted by molar-refractivity contribution is 0.792. The molecule has 126 valence electrons. The summed E-state index contributed by atoms with van der Waals surface area (Å²) in [5.74, 6) is 0. The van der Waals surface area contributed by atoms with E-state index in [0.29, 0.717) is 0 Å². The summed E-state index contributed by atoms with van der Waals surface area (Å²) in [5, 5.41) is 1.72. The number of hydrogen-bond donors (Lipinski definition) is 0. The molecule has 0 heterocycles. The molecule has 1 nitrogen and oxygen atoms in total. The van der Waals surface area contributed by atoms with Crippen LogP contribution in [0.1, 0.15) is 27.8 Å². The molecule has 0 spiro atoms. The van der Waals surface area contributed by atoms with Crippen LogP contribution < -0.4 is 4.90 Å². The van der Waals surface area contributed by atoms with Crippen LogP contribution in [0.25, 0.3) is 0 Å². The molecule has 2 heteroatoms. The standard InChI is InChI=1S/C23H23NS/c1-18-7-3-5-9-21(18)15-24(16-22-10-6-4-8-19(22)2)23-13-11-20(17-25)12-14-23/h3-14,17H,15-16H2,1-2H3. The van der Waals surface area contributed by atoms with Crippen molar-refractivity contribution in [2.75, 3.05) is 4.90 Å². The molecule has 0 aliphatic carbocycles. The van der Waals surface area contributed by atoms with Crippen LogP contribution in [0.3, 0.4) is 0 Å². The van der Waals surface area contributed by atoms with Gasteiger partial charge in [-0.2, -0.15) is 0 Å². The summed E-state index contributed by atoms with van der Waals surface area (Å²) in [6.45, 7) is 6.13. The van der Waals surface area contributed by atoms with Crippen LogP contribution in [0.2, 0.25) is 0 Å². The van der Waals surface area contributed by atoms with Crippen molar-refractivity contribution in [1.82, 2.24) is 0 Å². The van der Waals surface area contributed by atoms with Gasteiger partial charge in [-0.05, 0) is 53.8 Å². The van der Waals surface area contributed by atoms with E-state index in [-0.39, 0.29) is 0 Å². The Morgan fingerprint density at radius 1 is 0.720 bits per heavy atom. The zero-order valence-electron chi connectivity index (χ0n) is 14.8. The Morgan fingerprint density at radius 3 is 1.64 bits per heavy atom. The summed E-state index contributed by atoms with van der Waals surface area (Å²) in [5.41, 5.74) is 7.66. The molecule has 0 aromatic heterocycles. The minimum absolute atomic E-state index is 0.887. The molecular weight excluding hydrogens is 322 g/mol. The van der Waals surface area contributed by atoms with Gasteiger partial charge in [-0.3, -0.25) is 0 Å². The van der Waals surface area contributed by atoms with E-state index in [4.69, 9.17) is 12.2 Å². The average Bonchev–Trinajstić information content (AvgIpc) is 2.65.